The number of nitrogens with one attached hydrogen (secondary N) is 1. The van der Waals surface area contributed by atoms with Gasteiger partial charge in [-0.05, 0) is 37.1 Å². The Balaban J connectivity index is 1.74. The SMILES string of the molecule is Clc1ccc(Cc2noc([C@@H]3CCCN3)n2)cc1Cl. The zero-order chi connectivity index (χ0) is 13.2. The van der Waals surface area contributed by atoms with Crippen molar-refractivity contribution < 1.29 is 4.52 Å². The third-order valence-electron chi connectivity index (χ3n) is 3.19. The Morgan fingerprint density at radius 1 is 1.32 bits per heavy atom. The van der Waals surface area contributed by atoms with Crippen molar-refractivity contribution in [2.24, 2.45) is 0 Å². The van der Waals surface area contributed by atoms with Crippen molar-refractivity contribution in [3.8, 4) is 0 Å². The normalized spacial score (nSPS) is 18.9. The molecule has 0 unspecified atom stereocenters. The summed E-state index contributed by atoms with van der Waals surface area (Å²) in [5, 5.41) is 8.43. The average molecular weight is 298 g/mol. The number of benzene rings is 1. The quantitative estimate of drug-likeness (QED) is 0.943. The number of aromatic nitrogens is 2. The van der Waals surface area contributed by atoms with Gasteiger partial charge in [-0.2, -0.15) is 4.98 Å². The lowest BCUT2D eigenvalue weighted by Gasteiger charge is -2.01. The molecule has 1 aromatic carbocycles. The monoisotopic (exact) mass is 297 g/mol. The van der Waals surface area contributed by atoms with Crippen LogP contribution in [0.4, 0.5) is 0 Å². The summed E-state index contributed by atoms with van der Waals surface area (Å²) in [5.74, 6) is 1.34. The van der Waals surface area contributed by atoms with Gasteiger partial charge in [0.1, 0.15) is 0 Å². The molecule has 0 saturated carbocycles. The van der Waals surface area contributed by atoms with Gasteiger partial charge in [0.15, 0.2) is 5.82 Å². The van der Waals surface area contributed by atoms with Crippen molar-refractivity contribution in [3.63, 3.8) is 0 Å². The Morgan fingerprint density at radius 3 is 2.95 bits per heavy atom. The molecule has 1 aliphatic heterocycles. The summed E-state index contributed by atoms with van der Waals surface area (Å²) in [7, 11) is 0. The molecule has 4 nitrogen and oxygen atoms in total. The summed E-state index contributed by atoms with van der Waals surface area (Å²) in [4.78, 5) is 4.42. The van der Waals surface area contributed by atoms with Crippen LogP contribution in [-0.4, -0.2) is 16.7 Å². The first-order chi connectivity index (χ1) is 9.22. The smallest absolute Gasteiger partial charge is 0.243 e. The van der Waals surface area contributed by atoms with Crippen LogP contribution in [-0.2, 0) is 6.42 Å². The Hall–Kier alpha value is -1.10. The van der Waals surface area contributed by atoms with Crippen molar-refractivity contribution in [1.82, 2.24) is 15.5 Å². The van der Waals surface area contributed by atoms with Gasteiger partial charge in [-0.25, -0.2) is 0 Å². The number of halogens is 2. The molecule has 1 atom stereocenters. The predicted molar refractivity (Wildman–Crippen MR) is 73.5 cm³/mol. The third kappa shape index (κ3) is 2.91. The summed E-state index contributed by atoms with van der Waals surface area (Å²) in [6.07, 6.45) is 2.79. The van der Waals surface area contributed by atoms with E-state index in [1.807, 2.05) is 12.1 Å². The molecule has 6 heteroatoms. The molecule has 1 fully saturated rings. The van der Waals surface area contributed by atoms with Gasteiger partial charge in [-0.15, -0.1) is 0 Å². The highest BCUT2D eigenvalue weighted by Gasteiger charge is 2.22. The summed E-state index contributed by atoms with van der Waals surface area (Å²) < 4.78 is 5.29. The summed E-state index contributed by atoms with van der Waals surface area (Å²) in [6, 6.07) is 5.72. The lowest BCUT2D eigenvalue weighted by Crippen LogP contribution is -2.13. The molecule has 2 heterocycles. The summed E-state index contributed by atoms with van der Waals surface area (Å²) in [5.41, 5.74) is 1.01. The Labute approximate surface area is 121 Å². The molecular weight excluding hydrogens is 285 g/mol. The van der Waals surface area contributed by atoms with Crippen LogP contribution in [0.5, 0.6) is 0 Å². The average Bonchev–Trinajstić information content (AvgIpc) is 3.04. The van der Waals surface area contributed by atoms with E-state index in [9.17, 15) is 0 Å². The molecule has 0 aliphatic carbocycles. The van der Waals surface area contributed by atoms with Crippen LogP contribution in [0.15, 0.2) is 22.7 Å². The van der Waals surface area contributed by atoms with Gasteiger partial charge >= 0.3 is 0 Å². The van der Waals surface area contributed by atoms with Gasteiger partial charge in [0, 0.05) is 6.42 Å². The highest BCUT2D eigenvalue weighted by Crippen LogP contribution is 2.24. The molecule has 2 aromatic rings. The molecule has 1 aliphatic rings. The number of hydrogen-bond acceptors (Lipinski definition) is 4. The van der Waals surface area contributed by atoms with Crippen molar-refractivity contribution in [2.45, 2.75) is 25.3 Å². The Bertz CT molecular complexity index is 579. The predicted octanol–water partition coefficient (Wildman–Crippen LogP) is 3.39. The van der Waals surface area contributed by atoms with Crippen LogP contribution >= 0.6 is 23.2 Å². The molecule has 0 radical (unpaired) electrons. The maximum atomic E-state index is 5.98. The van der Waals surface area contributed by atoms with Gasteiger partial charge in [0.25, 0.3) is 0 Å². The minimum absolute atomic E-state index is 0.204. The molecular formula is C13H13Cl2N3O. The van der Waals surface area contributed by atoms with Crippen molar-refractivity contribution in [3.05, 3.63) is 45.5 Å². The zero-order valence-electron chi connectivity index (χ0n) is 10.2. The zero-order valence-corrected chi connectivity index (χ0v) is 11.7. The fraction of sp³-hybridized carbons (Fsp3) is 0.385. The molecule has 1 N–H and O–H groups in total. The summed E-state index contributed by atoms with van der Waals surface area (Å²) in [6.45, 7) is 1.01. The maximum absolute atomic E-state index is 5.98. The third-order valence-corrected chi connectivity index (χ3v) is 3.93. The van der Waals surface area contributed by atoms with Crippen LogP contribution in [0, 0.1) is 0 Å². The summed E-state index contributed by atoms with van der Waals surface area (Å²) >= 11 is 11.9. The Kier molecular flexibility index (Phi) is 3.73. The lowest BCUT2D eigenvalue weighted by molar-refractivity contribution is 0.341. The highest BCUT2D eigenvalue weighted by atomic mass is 35.5. The van der Waals surface area contributed by atoms with Gasteiger partial charge in [-0.3, -0.25) is 0 Å². The standard InChI is InChI=1S/C13H13Cl2N3O/c14-9-4-3-8(6-10(9)15)7-12-17-13(19-18-12)11-2-1-5-16-11/h3-4,6,11,16H,1-2,5,7H2/t11-/m0/s1. The van der Waals surface area contributed by atoms with E-state index in [-0.39, 0.29) is 6.04 Å². The van der Waals surface area contributed by atoms with Crippen LogP contribution in [0.1, 0.15) is 36.2 Å². The molecule has 3 rings (SSSR count). The van der Waals surface area contributed by atoms with E-state index >= 15 is 0 Å². The van der Waals surface area contributed by atoms with E-state index in [1.165, 1.54) is 0 Å². The van der Waals surface area contributed by atoms with Crippen molar-refractivity contribution >= 4 is 23.2 Å². The topological polar surface area (TPSA) is 51.0 Å². The second-order valence-corrected chi connectivity index (χ2v) is 5.44. The molecule has 100 valence electrons. The van der Waals surface area contributed by atoms with E-state index in [4.69, 9.17) is 27.7 Å². The first kappa shape index (κ1) is 12.9. The van der Waals surface area contributed by atoms with Crippen molar-refractivity contribution in [1.29, 1.82) is 0 Å². The van der Waals surface area contributed by atoms with Crippen LogP contribution in [0.2, 0.25) is 10.0 Å². The highest BCUT2D eigenvalue weighted by molar-refractivity contribution is 6.42. The van der Waals surface area contributed by atoms with Crippen LogP contribution in [0.3, 0.4) is 0 Å². The Morgan fingerprint density at radius 2 is 2.21 bits per heavy atom. The maximum Gasteiger partial charge on any atom is 0.243 e. The lowest BCUT2D eigenvalue weighted by atomic mass is 10.1. The van der Waals surface area contributed by atoms with E-state index in [1.54, 1.807) is 6.07 Å². The second-order valence-electron chi connectivity index (χ2n) is 4.62. The van der Waals surface area contributed by atoms with Gasteiger partial charge in [0.2, 0.25) is 5.89 Å². The molecule has 1 aromatic heterocycles. The minimum atomic E-state index is 0.204. The fourth-order valence-corrected chi connectivity index (χ4v) is 2.53. The first-order valence-corrected chi connectivity index (χ1v) is 6.98. The van der Waals surface area contributed by atoms with Crippen LogP contribution < -0.4 is 5.32 Å². The van der Waals surface area contributed by atoms with E-state index < -0.39 is 0 Å². The second kappa shape index (κ2) is 5.49. The molecule has 19 heavy (non-hydrogen) atoms. The van der Waals surface area contributed by atoms with Gasteiger partial charge in [0.05, 0.1) is 16.1 Å². The largest absolute Gasteiger partial charge is 0.338 e. The fourth-order valence-electron chi connectivity index (χ4n) is 2.21. The molecule has 0 spiro atoms. The van der Waals surface area contributed by atoms with Gasteiger partial charge < -0.3 is 9.84 Å². The van der Waals surface area contributed by atoms with Crippen LogP contribution in [0.25, 0.3) is 0 Å². The number of rotatable bonds is 3. The van der Waals surface area contributed by atoms with E-state index in [0.717, 1.165) is 24.9 Å². The molecule has 1 saturated heterocycles. The van der Waals surface area contributed by atoms with Gasteiger partial charge in [-0.1, -0.05) is 34.4 Å². The van der Waals surface area contributed by atoms with E-state index in [0.29, 0.717) is 28.2 Å². The first-order valence-electron chi connectivity index (χ1n) is 6.22. The molecule has 0 bridgehead atoms. The number of nitrogens with zero attached hydrogens (tertiary/aromatic N) is 2. The number of hydrogen-bond donors (Lipinski definition) is 1. The minimum Gasteiger partial charge on any atom is -0.338 e. The molecule has 0 amide bonds. The van der Waals surface area contributed by atoms with E-state index in [2.05, 4.69) is 15.5 Å². The van der Waals surface area contributed by atoms with Crippen molar-refractivity contribution in [2.75, 3.05) is 6.54 Å².